The van der Waals surface area contributed by atoms with Gasteiger partial charge < -0.3 is 14.9 Å². The van der Waals surface area contributed by atoms with E-state index in [-0.39, 0.29) is 13.2 Å². The second-order valence-electron chi connectivity index (χ2n) is 10.3. The van der Waals surface area contributed by atoms with Crippen molar-refractivity contribution in [2.45, 2.75) is 180 Å². The summed E-state index contributed by atoms with van der Waals surface area (Å²) in [5, 5.41) is 18.2. The van der Waals surface area contributed by atoms with Gasteiger partial charge in [0.1, 0.15) is 0 Å². The SMILES string of the molecule is CCCCCCCCCCCCCCCCCCCCCCCCCCCC(O)OCCO. The van der Waals surface area contributed by atoms with Crippen LogP contribution in [0.2, 0.25) is 0 Å². The molecule has 0 aliphatic carbocycles. The molecule has 0 spiro atoms. The van der Waals surface area contributed by atoms with E-state index >= 15 is 0 Å². The quantitative estimate of drug-likeness (QED) is 0.0845. The number of rotatable bonds is 29. The Kier molecular flexibility index (Phi) is 29.8. The molecule has 0 aliphatic heterocycles. The molecule has 0 fully saturated rings. The molecular weight excluding hydrogens is 408 g/mol. The molecule has 0 rings (SSSR count). The highest BCUT2D eigenvalue weighted by Gasteiger charge is 2.02. The maximum atomic E-state index is 9.53. The summed E-state index contributed by atoms with van der Waals surface area (Å²) < 4.78 is 5.05. The molecule has 0 radical (unpaired) electrons. The zero-order chi connectivity index (χ0) is 24.1. The molecule has 0 aliphatic rings. The number of hydrogen-bond donors (Lipinski definition) is 2. The molecule has 1 atom stereocenters. The predicted molar refractivity (Wildman–Crippen MR) is 145 cm³/mol. The topological polar surface area (TPSA) is 49.7 Å². The van der Waals surface area contributed by atoms with Crippen molar-refractivity contribution in [2.75, 3.05) is 13.2 Å². The summed E-state index contributed by atoms with van der Waals surface area (Å²) in [5.74, 6) is 0. The first-order valence-corrected chi connectivity index (χ1v) is 15.2. The van der Waals surface area contributed by atoms with Gasteiger partial charge in [-0.25, -0.2) is 0 Å². The maximum absolute atomic E-state index is 9.53. The van der Waals surface area contributed by atoms with Gasteiger partial charge in [-0.1, -0.05) is 161 Å². The lowest BCUT2D eigenvalue weighted by molar-refractivity contribution is -0.111. The average Bonchev–Trinajstić information content (AvgIpc) is 2.82. The second-order valence-corrected chi connectivity index (χ2v) is 10.3. The predicted octanol–water partition coefficient (Wildman–Crippen LogP) is 9.48. The lowest BCUT2D eigenvalue weighted by Gasteiger charge is -2.10. The standard InChI is InChI=1S/C30H62O3/c1-2-3-4-5-6-7-8-9-10-11-12-13-14-15-16-17-18-19-20-21-22-23-24-25-26-27-30(32)33-29-28-31/h30-32H,2-29H2,1H3. The van der Waals surface area contributed by atoms with Crippen LogP contribution in [0.4, 0.5) is 0 Å². The van der Waals surface area contributed by atoms with E-state index in [1.165, 1.54) is 154 Å². The fourth-order valence-electron chi connectivity index (χ4n) is 4.73. The molecule has 0 aromatic heterocycles. The monoisotopic (exact) mass is 470 g/mol. The van der Waals surface area contributed by atoms with E-state index < -0.39 is 6.29 Å². The Labute approximate surface area is 208 Å². The van der Waals surface area contributed by atoms with Crippen molar-refractivity contribution in [3.63, 3.8) is 0 Å². The van der Waals surface area contributed by atoms with Crippen LogP contribution in [-0.4, -0.2) is 29.7 Å². The van der Waals surface area contributed by atoms with Gasteiger partial charge in [0, 0.05) is 0 Å². The first-order chi connectivity index (χ1) is 16.3. The number of aliphatic hydroxyl groups is 2. The Morgan fingerprint density at radius 3 is 1.00 bits per heavy atom. The van der Waals surface area contributed by atoms with Gasteiger partial charge in [-0.2, -0.15) is 0 Å². The Morgan fingerprint density at radius 1 is 0.455 bits per heavy atom. The minimum Gasteiger partial charge on any atom is -0.394 e. The van der Waals surface area contributed by atoms with E-state index in [1.54, 1.807) is 0 Å². The summed E-state index contributed by atoms with van der Waals surface area (Å²) in [5.41, 5.74) is 0. The Morgan fingerprint density at radius 2 is 0.727 bits per heavy atom. The zero-order valence-corrected chi connectivity index (χ0v) is 22.7. The third kappa shape index (κ3) is 29.8. The van der Waals surface area contributed by atoms with Gasteiger partial charge in [0.2, 0.25) is 0 Å². The molecule has 0 bridgehead atoms. The molecule has 2 N–H and O–H groups in total. The third-order valence-corrected chi connectivity index (χ3v) is 6.96. The Bertz CT molecular complexity index is 335. The normalized spacial score (nSPS) is 12.5. The summed E-state index contributed by atoms with van der Waals surface area (Å²) in [7, 11) is 0. The Hall–Kier alpha value is -0.120. The minimum absolute atomic E-state index is 0.0173. The van der Waals surface area contributed by atoms with E-state index in [9.17, 15) is 5.11 Å². The van der Waals surface area contributed by atoms with Crippen LogP contribution in [0.5, 0.6) is 0 Å². The van der Waals surface area contributed by atoms with Crippen LogP contribution in [0.15, 0.2) is 0 Å². The van der Waals surface area contributed by atoms with E-state index in [0.29, 0.717) is 6.42 Å². The van der Waals surface area contributed by atoms with Crippen LogP contribution < -0.4 is 0 Å². The summed E-state index contributed by atoms with van der Waals surface area (Å²) in [6, 6.07) is 0. The number of hydrogen-bond acceptors (Lipinski definition) is 3. The second kappa shape index (κ2) is 29.9. The van der Waals surface area contributed by atoms with Crippen LogP contribution in [0, 0.1) is 0 Å². The van der Waals surface area contributed by atoms with Gasteiger partial charge in [-0.3, -0.25) is 0 Å². The summed E-state index contributed by atoms with van der Waals surface area (Å²) >= 11 is 0. The van der Waals surface area contributed by atoms with Gasteiger partial charge in [0.05, 0.1) is 13.2 Å². The summed E-state index contributed by atoms with van der Waals surface area (Å²) in [6.45, 7) is 2.52. The third-order valence-electron chi connectivity index (χ3n) is 6.96. The van der Waals surface area contributed by atoms with Crippen LogP contribution in [0.1, 0.15) is 174 Å². The summed E-state index contributed by atoms with van der Waals surface area (Å²) in [4.78, 5) is 0. The van der Waals surface area contributed by atoms with E-state index in [0.717, 1.165) is 6.42 Å². The van der Waals surface area contributed by atoms with Gasteiger partial charge in [0.15, 0.2) is 6.29 Å². The largest absolute Gasteiger partial charge is 0.394 e. The van der Waals surface area contributed by atoms with Crippen LogP contribution >= 0.6 is 0 Å². The molecule has 0 aromatic rings. The first kappa shape index (κ1) is 32.9. The van der Waals surface area contributed by atoms with Gasteiger partial charge in [0.25, 0.3) is 0 Å². The van der Waals surface area contributed by atoms with Crippen molar-refractivity contribution in [1.82, 2.24) is 0 Å². The zero-order valence-electron chi connectivity index (χ0n) is 22.7. The molecule has 200 valence electrons. The molecule has 0 amide bonds. The Balaban J connectivity index is 3.04. The number of aliphatic hydroxyl groups excluding tert-OH is 2. The van der Waals surface area contributed by atoms with Crippen molar-refractivity contribution in [1.29, 1.82) is 0 Å². The van der Waals surface area contributed by atoms with Crippen molar-refractivity contribution in [3.8, 4) is 0 Å². The molecule has 3 heteroatoms. The smallest absolute Gasteiger partial charge is 0.154 e. The van der Waals surface area contributed by atoms with Crippen molar-refractivity contribution < 1.29 is 14.9 Å². The molecule has 0 heterocycles. The molecule has 3 nitrogen and oxygen atoms in total. The van der Waals surface area contributed by atoms with Gasteiger partial charge >= 0.3 is 0 Å². The fourth-order valence-corrected chi connectivity index (χ4v) is 4.73. The number of ether oxygens (including phenoxy) is 1. The van der Waals surface area contributed by atoms with Crippen LogP contribution in [0.3, 0.4) is 0 Å². The lowest BCUT2D eigenvalue weighted by atomic mass is 10.0. The number of unbranched alkanes of at least 4 members (excludes halogenated alkanes) is 24. The maximum Gasteiger partial charge on any atom is 0.154 e. The van der Waals surface area contributed by atoms with Crippen molar-refractivity contribution in [3.05, 3.63) is 0 Å². The van der Waals surface area contributed by atoms with Crippen LogP contribution in [0.25, 0.3) is 0 Å². The molecule has 33 heavy (non-hydrogen) atoms. The van der Waals surface area contributed by atoms with E-state index in [4.69, 9.17) is 9.84 Å². The highest BCUT2D eigenvalue weighted by Crippen LogP contribution is 2.16. The molecule has 0 aromatic carbocycles. The highest BCUT2D eigenvalue weighted by molar-refractivity contribution is 4.52. The summed E-state index contributed by atoms with van der Waals surface area (Å²) in [6.07, 6.45) is 35.1. The molecular formula is C30H62O3. The molecule has 1 unspecified atom stereocenters. The fraction of sp³-hybridized carbons (Fsp3) is 1.00. The van der Waals surface area contributed by atoms with Gasteiger partial charge in [-0.05, 0) is 12.8 Å². The lowest BCUT2D eigenvalue weighted by Crippen LogP contribution is -2.14. The van der Waals surface area contributed by atoms with Crippen molar-refractivity contribution in [2.24, 2.45) is 0 Å². The highest BCUT2D eigenvalue weighted by atomic mass is 16.6. The van der Waals surface area contributed by atoms with Crippen molar-refractivity contribution >= 4 is 0 Å². The molecule has 0 saturated carbocycles. The van der Waals surface area contributed by atoms with E-state index in [2.05, 4.69) is 6.92 Å². The molecule has 0 saturated heterocycles. The first-order valence-electron chi connectivity index (χ1n) is 15.2. The average molecular weight is 471 g/mol. The van der Waals surface area contributed by atoms with Gasteiger partial charge in [-0.15, -0.1) is 0 Å². The minimum atomic E-state index is -0.693. The van der Waals surface area contributed by atoms with E-state index in [1.807, 2.05) is 0 Å². The van der Waals surface area contributed by atoms with Crippen LogP contribution in [-0.2, 0) is 4.74 Å².